The first-order valence-corrected chi connectivity index (χ1v) is 8.97. The monoisotopic (exact) mass is 386 g/mol. The largest absolute Gasteiger partial charge is 0.455 e. The number of aryl methyl sites for hydroxylation is 1. The van der Waals surface area contributed by atoms with Crippen LogP contribution in [-0.4, -0.2) is 16.9 Å². The molecule has 1 amide bonds. The number of halogens is 1. The van der Waals surface area contributed by atoms with E-state index in [2.05, 4.69) is 10.3 Å². The summed E-state index contributed by atoms with van der Waals surface area (Å²) in [5.41, 5.74) is 1.78. The second kappa shape index (κ2) is 8.12. The lowest BCUT2D eigenvalue weighted by atomic mass is 10.2. The summed E-state index contributed by atoms with van der Waals surface area (Å²) in [6.45, 7) is 1.89. The van der Waals surface area contributed by atoms with E-state index in [1.165, 1.54) is 0 Å². The maximum atomic E-state index is 12.3. The molecule has 3 rings (SSSR count). The number of nitrogens with zero attached hydrogens (tertiary/aromatic N) is 1. The molecule has 1 N–H and O–H groups in total. The van der Waals surface area contributed by atoms with E-state index >= 15 is 0 Å². The number of ether oxygens (including phenoxy) is 1. The molecule has 0 radical (unpaired) electrons. The lowest BCUT2D eigenvalue weighted by Gasteiger charge is -2.04. The maximum absolute atomic E-state index is 12.3. The van der Waals surface area contributed by atoms with Gasteiger partial charge in [-0.1, -0.05) is 29.8 Å². The van der Waals surface area contributed by atoms with E-state index in [-0.39, 0.29) is 12.5 Å². The van der Waals surface area contributed by atoms with Crippen molar-refractivity contribution in [2.75, 3.05) is 5.32 Å². The Morgan fingerprint density at radius 3 is 2.69 bits per heavy atom. The average Bonchev–Trinajstić information content (AvgIpc) is 3.01. The number of esters is 1. The van der Waals surface area contributed by atoms with Gasteiger partial charge in [-0.15, -0.1) is 11.3 Å². The molecular weight excluding hydrogens is 372 g/mol. The van der Waals surface area contributed by atoms with Crippen molar-refractivity contribution in [2.24, 2.45) is 0 Å². The van der Waals surface area contributed by atoms with E-state index in [9.17, 15) is 9.59 Å². The quantitative estimate of drug-likeness (QED) is 0.644. The molecule has 0 bridgehead atoms. The second-order valence-corrected chi connectivity index (χ2v) is 6.91. The van der Waals surface area contributed by atoms with Gasteiger partial charge in [-0.25, -0.2) is 4.79 Å². The van der Waals surface area contributed by atoms with Crippen LogP contribution in [0.4, 0.5) is 5.00 Å². The number of aromatic nitrogens is 1. The van der Waals surface area contributed by atoms with Crippen LogP contribution in [0.2, 0.25) is 5.02 Å². The smallest absolute Gasteiger partial charge is 0.349 e. The summed E-state index contributed by atoms with van der Waals surface area (Å²) < 4.78 is 5.29. The number of anilines is 1. The van der Waals surface area contributed by atoms with Crippen molar-refractivity contribution in [1.29, 1.82) is 0 Å². The van der Waals surface area contributed by atoms with Gasteiger partial charge in [0.05, 0.1) is 21.3 Å². The molecule has 0 atom stereocenters. The van der Waals surface area contributed by atoms with Crippen LogP contribution in [-0.2, 0) is 11.3 Å². The number of rotatable bonds is 5. The van der Waals surface area contributed by atoms with Crippen LogP contribution in [0.1, 0.15) is 31.3 Å². The minimum atomic E-state index is -0.448. The van der Waals surface area contributed by atoms with Crippen LogP contribution in [0.15, 0.2) is 54.7 Å². The van der Waals surface area contributed by atoms with Gasteiger partial charge in [-0.2, -0.15) is 0 Å². The van der Waals surface area contributed by atoms with Crippen LogP contribution in [0.5, 0.6) is 0 Å². The molecule has 1 aromatic carbocycles. The highest BCUT2D eigenvalue weighted by atomic mass is 35.5. The molecule has 26 heavy (non-hydrogen) atoms. The summed E-state index contributed by atoms with van der Waals surface area (Å²) in [4.78, 5) is 29.2. The maximum Gasteiger partial charge on any atom is 0.349 e. The normalized spacial score (nSPS) is 10.4. The first kappa shape index (κ1) is 18.1. The number of benzene rings is 1. The van der Waals surface area contributed by atoms with Crippen LogP contribution in [0, 0.1) is 6.92 Å². The molecule has 0 saturated heterocycles. The molecule has 5 nitrogen and oxygen atoms in total. The Morgan fingerprint density at radius 1 is 1.19 bits per heavy atom. The van der Waals surface area contributed by atoms with Gasteiger partial charge in [-0.3, -0.25) is 9.78 Å². The summed E-state index contributed by atoms with van der Waals surface area (Å²) in [6, 6.07) is 13.9. The molecule has 0 spiro atoms. The van der Waals surface area contributed by atoms with Crippen LogP contribution < -0.4 is 5.32 Å². The van der Waals surface area contributed by atoms with Gasteiger partial charge in [0, 0.05) is 6.20 Å². The molecule has 0 saturated carbocycles. The summed E-state index contributed by atoms with van der Waals surface area (Å²) in [5, 5.41) is 3.69. The van der Waals surface area contributed by atoms with Gasteiger partial charge >= 0.3 is 5.97 Å². The van der Waals surface area contributed by atoms with Crippen LogP contribution in [0.3, 0.4) is 0 Å². The Morgan fingerprint density at radius 2 is 1.96 bits per heavy atom. The highest BCUT2D eigenvalue weighted by Gasteiger charge is 2.18. The van der Waals surface area contributed by atoms with Crippen molar-refractivity contribution >= 4 is 39.8 Å². The predicted molar refractivity (Wildman–Crippen MR) is 102 cm³/mol. The summed E-state index contributed by atoms with van der Waals surface area (Å²) in [5.74, 6) is -0.776. The number of thiophene rings is 1. The number of pyridine rings is 1. The zero-order valence-electron chi connectivity index (χ0n) is 13.9. The topological polar surface area (TPSA) is 68.3 Å². The number of hydrogen-bond donors (Lipinski definition) is 1. The SMILES string of the molecule is Cc1cc(NC(=O)c2ccccc2Cl)sc1C(=O)OCc1ccccn1. The van der Waals surface area contributed by atoms with E-state index in [0.717, 1.165) is 16.9 Å². The van der Waals surface area contributed by atoms with Crippen LogP contribution in [0.25, 0.3) is 0 Å². The standard InChI is InChI=1S/C19H15ClN2O3S/c1-12-10-16(22-18(23)14-7-2-3-8-15(14)20)26-17(12)19(24)25-11-13-6-4-5-9-21-13/h2-10H,11H2,1H3,(H,22,23). The van der Waals surface area contributed by atoms with Gasteiger partial charge in [0.2, 0.25) is 0 Å². The Hall–Kier alpha value is -2.70. The highest BCUT2D eigenvalue weighted by Crippen LogP contribution is 2.28. The van der Waals surface area contributed by atoms with E-state index < -0.39 is 5.97 Å². The van der Waals surface area contributed by atoms with E-state index in [1.54, 1.807) is 55.6 Å². The fraction of sp³-hybridized carbons (Fsp3) is 0.105. The summed E-state index contributed by atoms with van der Waals surface area (Å²) in [6.07, 6.45) is 1.64. The van der Waals surface area contributed by atoms with Crippen molar-refractivity contribution in [1.82, 2.24) is 4.98 Å². The lowest BCUT2D eigenvalue weighted by Crippen LogP contribution is -2.11. The molecule has 0 aliphatic heterocycles. The third kappa shape index (κ3) is 4.28. The van der Waals surface area contributed by atoms with Crippen LogP contribution >= 0.6 is 22.9 Å². The first-order chi connectivity index (χ1) is 12.5. The molecule has 7 heteroatoms. The molecule has 2 heterocycles. The highest BCUT2D eigenvalue weighted by molar-refractivity contribution is 7.18. The predicted octanol–water partition coefficient (Wildman–Crippen LogP) is 4.71. The molecule has 0 aliphatic carbocycles. The van der Waals surface area contributed by atoms with Gasteiger partial charge < -0.3 is 10.1 Å². The summed E-state index contributed by atoms with van der Waals surface area (Å²) in [7, 11) is 0. The Kier molecular flexibility index (Phi) is 5.65. The minimum Gasteiger partial charge on any atom is -0.455 e. The second-order valence-electron chi connectivity index (χ2n) is 5.45. The number of carbonyl (C=O) groups is 2. The fourth-order valence-corrected chi connectivity index (χ4v) is 3.44. The molecule has 0 unspecified atom stereocenters. The van der Waals surface area contributed by atoms with Gasteiger partial charge in [0.15, 0.2) is 0 Å². The molecule has 132 valence electrons. The lowest BCUT2D eigenvalue weighted by molar-refractivity contribution is 0.0472. The van der Waals surface area contributed by atoms with Gasteiger partial charge in [-0.05, 0) is 42.8 Å². The third-order valence-corrected chi connectivity index (χ3v) is 5.00. The van der Waals surface area contributed by atoms with Crippen molar-refractivity contribution in [3.63, 3.8) is 0 Å². The van der Waals surface area contributed by atoms with Gasteiger partial charge in [0.25, 0.3) is 5.91 Å². The molecule has 2 aromatic heterocycles. The number of nitrogens with one attached hydrogen (secondary N) is 1. The summed E-state index contributed by atoms with van der Waals surface area (Å²) >= 11 is 7.20. The molecule has 0 aliphatic rings. The zero-order valence-corrected chi connectivity index (χ0v) is 15.4. The minimum absolute atomic E-state index is 0.0956. The Labute approximate surface area is 159 Å². The number of amides is 1. The first-order valence-electron chi connectivity index (χ1n) is 7.78. The van der Waals surface area contributed by atoms with E-state index in [0.29, 0.717) is 26.2 Å². The number of hydrogen-bond acceptors (Lipinski definition) is 5. The molecule has 3 aromatic rings. The van der Waals surface area contributed by atoms with Crippen molar-refractivity contribution in [3.05, 3.63) is 81.4 Å². The Balaban J connectivity index is 1.67. The zero-order chi connectivity index (χ0) is 18.5. The molecule has 0 fully saturated rings. The van der Waals surface area contributed by atoms with E-state index in [4.69, 9.17) is 16.3 Å². The fourth-order valence-electron chi connectivity index (χ4n) is 2.26. The molecular formula is C19H15ClN2O3S. The Bertz CT molecular complexity index is 941. The van der Waals surface area contributed by atoms with Crippen molar-refractivity contribution in [3.8, 4) is 0 Å². The van der Waals surface area contributed by atoms with E-state index in [1.807, 2.05) is 6.07 Å². The van der Waals surface area contributed by atoms with Gasteiger partial charge in [0.1, 0.15) is 11.5 Å². The third-order valence-electron chi connectivity index (χ3n) is 3.54. The average molecular weight is 387 g/mol. The van der Waals surface area contributed by atoms with Crippen molar-refractivity contribution < 1.29 is 14.3 Å². The van der Waals surface area contributed by atoms with Crippen molar-refractivity contribution in [2.45, 2.75) is 13.5 Å². The number of carbonyl (C=O) groups excluding carboxylic acids is 2.